The number of carbonyl (C=O) groups excluding carboxylic acids is 1. The van der Waals surface area contributed by atoms with Crippen LogP contribution in [0.5, 0.6) is 0 Å². The number of carbonyl (C=O) groups is 1. The lowest BCUT2D eigenvalue weighted by molar-refractivity contribution is 0.102. The largest absolute Gasteiger partial charge is 0.463 e. The van der Waals surface area contributed by atoms with Crippen molar-refractivity contribution in [3.8, 4) is 0 Å². The molecule has 4 nitrogen and oxygen atoms in total. The van der Waals surface area contributed by atoms with E-state index in [0.29, 0.717) is 11.1 Å². The molecule has 3 rings (SSSR count). The number of para-hydroxylation sites is 1. The molecule has 0 spiro atoms. The Morgan fingerprint density at radius 2 is 2.00 bits per heavy atom. The van der Waals surface area contributed by atoms with E-state index in [2.05, 4.69) is 5.32 Å². The van der Waals surface area contributed by atoms with Crippen LogP contribution in [-0.2, 0) is 0 Å². The summed E-state index contributed by atoms with van der Waals surface area (Å²) in [4.78, 5) is 12.4. The maximum Gasteiger partial charge on any atom is 0.259 e. The molecule has 0 aliphatic rings. The summed E-state index contributed by atoms with van der Waals surface area (Å²) in [6, 6.07) is 14.9. The quantitative estimate of drug-likeness (QED) is 0.768. The van der Waals surface area contributed by atoms with Crippen LogP contribution < -0.4 is 11.1 Å². The molecule has 21 heavy (non-hydrogen) atoms. The Labute approximate surface area is 122 Å². The van der Waals surface area contributed by atoms with E-state index < -0.39 is 0 Å². The molecule has 1 amide bonds. The summed E-state index contributed by atoms with van der Waals surface area (Å²) in [6.45, 7) is 1.91. The smallest absolute Gasteiger partial charge is 0.259 e. The SMILES string of the molecule is CC(N)c1cccc(NC(=O)c2coc3ccccc23)c1. The molecular formula is C17H16N2O2. The highest BCUT2D eigenvalue weighted by molar-refractivity contribution is 6.12. The average molecular weight is 280 g/mol. The number of nitrogens with one attached hydrogen (secondary N) is 1. The fourth-order valence-electron chi connectivity index (χ4n) is 2.25. The summed E-state index contributed by atoms with van der Waals surface area (Å²) in [5.74, 6) is -0.193. The summed E-state index contributed by atoms with van der Waals surface area (Å²) in [6.07, 6.45) is 1.48. The number of anilines is 1. The van der Waals surface area contributed by atoms with Gasteiger partial charge in [0.2, 0.25) is 0 Å². The van der Waals surface area contributed by atoms with Gasteiger partial charge in [0.15, 0.2) is 0 Å². The number of hydrogen-bond acceptors (Lipinski definition) is 3. The van der Waals surface area contributed by atoms with Gasteiger partial charge in [-0.15, -0.1) is 0 Å². The van der Waals surface area contributed by atoms with Gasteiger partial charge in [0.05, 0.1) is 5.56 Å². The second-order valence-corrected chi connectivity index (χ2v) is 5.01. The Bertz CT molecular complexity index is 790. The Kier molecular flexibility index (Phi) is 3.46. The molecule has 1 heterocycles. The standard InChI is InChI=1S/C17H16N2O2/c1-11(18)12-5-4-6-13(9-12)19-17(20)15-10-21-16-8-3-2-7-14(15)16/h2-11H,18H2,1H3,(H,19,20). The van der Waals surface area contributed by atoms with Gasteiger partial charge in [-0.3, -0.25) is 4.79 Å². The van der Waals surface area contributed by atoms with Gasteiger partial charge in [0.1, 0.15) is 11.8 Å². The minimum absolute atomic E-state index is 0.0726. The highest BCUT2D eigenvalue weighted by atomic mass is 16.3. The number of nitrogens with two attached hydrogens (primary N) is 1. The molecule has 0 bridgehead atoms. The molecule has 2 aromatic carbocycles. The van der Waals surface area contributed by atoms with E-state index in [4.69, 9.17) is 10.2 Å². The Morgan fingerprint density at radius 3 is 2.81 bits per heavy atom. The van der Waals surface area contributed by atoms with Crippen molar-refractivity contribution in [1.29, 1.82) is 0 Å². The first-order valence-corrected chi connectivity index (χ1v) is 6.78. The van der Waals surface area contributed by atoms with Crippen LogP contribution >= 0.6 is 0 Å². The van der Waals surface area contributed by atoms with E-state index in [-0.39, 0.29) is 11.9 Å². The normalized spacial score (nSPS) is 12.3. The van der Waals surface area contributed by atoms with Crippen molar-refractivity contribution in [3.05, 3.63) is 65.9 Å². The van der Waals surface area contributed by atoms with E-state index in [1.54, 1.807) is 0 Å². The molecule has 1 unspecified atom stereocenters. The zero-order valence-corrected chi connectivity index (χ0v) is 11.7. The number of amides is 1. The van der Waals surface area contributed by atoms with Gasteiger partial charge in [0, 0.05) is 17.1 Å². The zero-order chi connectivity index (χ0) is 14.8. The van der Waals surface area contributed by atoms with E-state index in [9.17, 15) is 4.79 Å². The maximum absolute atomic E-state index is 12.4. The van der Waals surface area contributed by atoms with E-state index in [1.165, 1.54) is 6.26 Å². The van der Waals surface area contributed by atoms with E-state index in [1.807, 2.05) is 55.5 Å². The van der Waals surface area contributed by atoms with E-state index >= 15 is 0 Å². The third-order valence-electron chi connectivity index (χ3n) is 3.40. The predicted octanol–water partition coefficient (Wildman–Crippen LogP) is 3.70. The molecule has 1 atom stereocenters. The first-order chi connectivity index (χ1) is 10.1. The summed E-state index contributed by atoms with van der Waals surface area (Å²) < 4.78 is 5.39. The Balaban J connectivity index is 1.88. The fourth-order valence-corrected chi connectivity index (χ4v) is 2.25. The molecular weight excluding hydrogens is 264 g/mol. The minimum atomic E-state index is -0.193. The van der Waals surface area contributed by atoms with Crippen LogP contribution in [0.15, 0.2) is 59.2 Å². The second kappa shape index (κ2) is 5.42. The number of furan rings is 1. The van der Waals surface area contributed by atoms with Crippen LogP contribution in [0.3, 0.4) is 0 Å². The number of benzene rings is 2. The lowest BCUT2D eigenvalue weighted by Gasteiger charge is -2.09. The van der Waals surface area contributed by atoms with Gasteiger partial charge in [-0.25, -0.2) is 0 Å². The summed E-state index contributed by atoms with van der Waals surface area (Å²) in [5, 5.41) is 3.68. The van der Waals surface area contributed by atoms with Crippen LogP contribution in [-0.4, -0.2) is 5.91 Å². The molecule has 1 aromatic heterocycles. The molecule has 0 saturated carbocycles. The lowest BCUT2D eigenvalue weighted by Crippen LogP contribution is -2.12. The molecule has 4 heteroatoms. The van der Waals surface area contributed by atoms with Crippen molar-refractivity contribution in [2.24, 2.45) is 5.73 Å². The van der Waals surface area contributed by atoms with Crippen molar-refractivity contribution in [1.82, 2.24) is 0 Å². The van der Waals surface area contributed by atoms with Gasteiger partial charge >= 0.3 is 0 Å². The van der Waals surface area contributed by atoms with Crippen molar-refractivity contribution < 1.29 is 9.21 Å². The molecule has 3 N–H and O–H groups in total. The fraction of sp³-hybridized carbons (Fsp3) is 0.118. The monoisotopic (exact) mass is 280 g/mol. The third kappa shape index (κ3) is 2.66. The van der Waals surface area contributed by atoms with Crippen molar-refractivity contribution in [2.45, 2.75) is 13.0 Å². The van der Waals surface area contributed by atoms with Crippen LogP contribution in [0.1, 0.15) is 28.9 Å². The highest BCUT2D eigenvalue weighted by Crippen LogP contribution is 2.22. The van der Waals surface area contributed by atoms with Crippen LogP contribution in [0.2, 0.25) is 0 Å². The first-order valence-electron chi connectivity index (χ1n) is 6.78. The predicted molar refractivity (Wildman–Crippen MR) is 83.2 cm³/mol. The first kappa shape index (κ1) is 13.4. The van der Waals surface area contributed by atoms with Gasteiger partial charge < -0.3 is 15.5 Å². The molecule has 3 aromatic rings. The van der Waals surface area contributed by atoms with Crippen LogP contribution in [0.25, 0.3) is 11.0 Å². The minimum Gasteiger partial charge on any atom is -0.463 e. The van der Waals surface area contributed by atoms with Crippen molar-refractivity contribution >= 4 is 22.6 Å². The molecule has 0 radical (unpaired) electrons. The maximum atomic E-state index is 12.4. The second-order valence-electron chi connectivity index (χ2n) is 5.01. The number of hydrogen-bond donors (Lipinski definition) is 2. The summed E-state index contributed by atoms with van der Waals surface area (Å²) in [5.41, 5.74) is 8.78. The number of fused-ring (bicyclic) bond motifs is 1. The van der Waals surface area contributed by atoms with E-state index in [0.717, 1.165) is 16.6 Å². The van der Waals surface area contributed by atoms with Gasteiger partial charge in [0.25, 0.3) is 5.91 Å². The zero-order valence-electron chi connectivity index (χ0n) is 11.7. The summed E-state index contributed by atoms with van der Waals surface area (Å²) >= 11 is 0. The molecule has 0 saturated heterocycles. The van der Waals surface area contributed by atoms with Crippen LogP contribution in [0.4, 0.5) is 5.69 Å². The van der Waals surface area contributed by atoms with Gasteiger partial charge in [-0.05, 0) is 30.7 Å². The van der Waals surface area contributed by atoms with Crippen molar-refractivity contribution in [3.63, 3.8) is 0 Å². The van der Waals surface area contributed by atoms with Crippen LogP contribution in [0, 0.1) is 0 Å². The third-order valence-corrected chi connectivity index (χ3v) is 3.40. The molecule has 0 aliphatic carbocycles. The average Bonchev–Trinajstić information content (AvgIpc) is 2.91. The summed E-state index contributed by atoms with van der Waals surface area (Å²) in [7, 11) is 0. The lowest BCUT2D eigenvalue weighted by atomic mass is 10.1. The molecule has 106 valence electrons. The molecule has 0 fully saturated rings. The number of rotatable bonds is 3. The van der Waals surface area contributed by atoms with Gasteiger partial charge in [-0.2, -0.15) is 0 Å². The Morgan fingerprint density at radius 1 is 1.19 bits per heavy atom. The highest BCUT2D eigenvalue weighted by Gasteiger charge is 2.13. The van der Waals surface area contributed by atoms with Crippen molar-refractivity contribution in [2.75, 3.05) is 5.32 Å². The Hall–Kier alpha value is -2.59. The molecule has 0 aliphatic heterocycles. The van der Waals surface area contributed by atoms with Gasteiger partial charge in [-0.1, -0.05) is 30.3 Å². The topological polar surface area (TPSA) is 68.3 Å².